The van der Waals surface area contributed by atoms with Gasteiger partial charge in [0.25, 0.3) is 0 Å². The van der Waals surface area contributed by atoms with Crippen LogP contribution in [0, 0.1) is 0 Å². The molecule has 4 nitrogen and oxygen atoms in total. The highest BCUT2D eigenvalue weighted by atomic mass is 16.5. The maximum Gasteiger partial charge on any atom is 0.0827 e. The Morgan fingerprint density at radius 1 is 0.950 bits per heavy atom. The number of aryl methyl sites for hydroxylation is 2. The van der Waals surface area contributed by atoms with E-state index in [1.165, 1.54) is 44.9 Å². The maximum atomic E-state index is 5.59. The van der Waals surface area contributed by atoms with Crippen LogP contribution in [0.4, 0.5) is 0 Å². The van der Waals surface area contributed by atoms with Crippen LogP contribution in [0.15, 0.2) is 6.20 Å². The van der Waals surface area contributed by atoms with Crippen molar-refractivity contribution in [3.8, 4) is 0 Å². The van der Waals surface area contributed by atoms with Crippen molar-refractivity contribution in [3.05, 3.63) is 11.9 Å². The van der Waals surface area contributed by atoms with E-state index in [-0.39, 0.29) is 0 Å². The van der Waals surface area contributed by atoms with Crippen LogP contribution in [0.3, 0.4) is 0 Å². The van der Waals surface area contributed by atoms with E-state index in [1.54, 1.807) is 0 Å². The summed E-state index contributed by atoms with van der Waals surface area (Å²) in [5, 5.41) is 8.40. The molecule has 0 fully saturated rings. The molecule has 0 radical (unpaired) electrons. The van der Waals surface area contributed by atoms with Gasteiger partial charge in [0.15, 0.2) is 0 Å². The summed E-state index contributed by atoms with van der Waals surface area (Å²) < 4.78 is 7.54. The number of rotatable bonds is 13. The van der Waals surface area contributed by atoms with Gasteiger partial charge in [-0.15, -0.1) is 5.10 Å². The summed E-state index contributed by atoms with van der Waals surface area (Å²) in [4.78, 5) is 0. The second-order valence-corrected chi connectivity index (χ2v) is 5.46. The predicted molar refractivity (Wildman–Crippen MR) is 82.8 cm³/mol. The van der Waals surface area contributed by atoms with Gasteiger partial charge in [-0.3, -0.25) is 4.68 Å². The van der Waals surface area contributed by atoms with Crippen molar-refractivity contribution in [1.29, 1.82) is 0 Å². The molecule has 116 valence electrons. The molecular formula is C16H31N3O. The quantitative estimate of drug-likeness (QED) is 0.513. The fourth-order valence-electron chi connectivity index (χ4n) is 2.18. The molecule has 0 atom stereocenters. The van der Waals surface area contributed by atoms with Crippen LogP contribution in [0.2, 0.25) is 0 Å². The Hall–Kier alpha value is -0.900. The monoisotopic (exact) mass is 281 g/mol. The summed E-state index contributed by atoms with van der Waals surface area (Å²) >= 11 is 0. The van der Waals surface area contributed by atoms with E-state index >= 15 is 0 Å². The van der Waals surface area contributed by atoms with Crippen molar-refractivity contribution >= 4 is 0 Å². The van der Waals surface area contributed by atoms with E-state index in [0.717, 1.165) is 38.3 Å². The molecule has 0 saturated carbocycles. The first kappa shape index (κ1) is 17.2. The zero-order chi connectivity index (χ0) is 14.5. The molecule has 0 aromatic carbocycles. The fraction of sp³-hybridized carbons (Fsp3) is 0.875. The van der Waals surface area contributed by atoms with E-state index < -0.39 is 0 Å². The van der Waals surface area contributed by atoms with Gasteiger partial charge in [0.2, 0.25) is 0 Å². The molecule has 4 heteroatoms. The van der Waals surface area contributed by atoms with E-state index in [0.29, 0.717) is 0 Å². The minimum absolute atomic E-state index is 0.829. The lowest BCUT2D eigenvalue weighted by Gasteiger charge is -2.03. The van der Waals surface area contributed by atoms with Crippen LogP contribution >= 0.6 is 0 Å². The fourth-order valence-corrected chi connectivity index (χ4v) is 2.18. The Morgan fingerprint density at radius 3 is 2.50 bits per heavy atom. The first-order valence-corrected chi connectivity index (χ1v) is 8.33. The van der Waals surface area contributed by atoms with Gasteiger partial charge in [-0.05, 0) is 25.7 Å². The summed E-state index contributed by atoms with van der Waals surface area (Å²) in [6, 6.07) is 0. The zero-order valence-electron chi connectivity index (χ0n) is 13.3. The Labute approximate surface area is 123 Å². The molecule has 0 spiro atoms. The topological polar surface area (TPSA) is 39.9 Å². The molecular weight excluding hydrogens is 250 g/mol. The Bertz CT molecular complexity index is 325. The predicted octanol–water partition coefficient (Wildman–Crippen LogP) is 4.00. The first-order valence-electron chi connectivity index (χ1n) is 8.33. The van der Waals surface area contributed by atoms with Crippen LogP contribution in [0.25, 0.3) is 0 Å². The molecule has 0 aliphatic rings. The Morgan fingerprint density at radius 2 is 1.70 bits per heavy atom. The van der Waals surface area contributed by atoms with Crippen LogP contribution in [-0.2, 0) is 17.7 Å². The lowest BCUT2D eigenvalue weighted by Crippen LogP contribution is -2.04. The third-order valence-electron chi connectivity index (χ3n) is 3.44. The van der Waals surface area contributed by atoms with Crippen LogP contribution in [0.1, 0.15) is 70.9 Å². The highest BCUT2D eigenvalue weighted by Crippen LogP contribution is 2.05. The molecule has 1 aromatic heterocycles. The van der Waals surface area contributed by atoms with E-state index in [1.807, 2.05) is 4.68 Å². The van der Waals surface area contributed by atoms with Gasteiger partial charge in [0, 0.05) is 26.0 Å². The molecule has 1 heterocycles. The third kappa shape index (κ3) is 8.31. The van der Waals surface area contributed by atoms with Crippen molar-refractivity contribution in [1.82, 2.24) is 15.0 Å². The Balaban J connectivity index is 2.02. The number of hydrogen-bond acceptors (Lipinski definition) is 3. The molecule has 0 amide bonds. The number of ether oxygens (including phenoxy) is 1. The molecule has 1 aromatic rings. The summed E-state index contributed by atoms with van der Waals surface area (Å²) in [7, 11) is 0. The molecule has 20 heavy (non-hydrogen) atoms. The van der Waals surface area contributed by atoms with Crippen molar-refractivity contribution < 1.29 is 4.74 Å². The van der Waals surface area contributed by atoms with Crippen molar-refractivity contribution in [2.45, 2.75) is 78.2 Å². The van der Waals surface area contributed by atoms with Crippen molar-refractivity contribution in [3.63, 3.8) is 0 Å². The summed E-state index contributed by atoms with van der Waals surface area (Å²) in [5.41, 5.74) is 1.13. The van der Waals surface area contributed by atoms with Gasteiger partial charge in [-0.1, -0.05) is 51.2 Å². The first-order chi connectivity index (χ1) is 9.86. The number of nitrogens with zero attached hydrogens (tertiary/aromatic N) is 3. The van der Waals surface area contributed by atoms with E-state index in [9.17, 15) is 0 Å². The average Bonchev–Trinajstić information content (AvgIpc) is 2.90. The molecule has 1 rings (SSSR count). The highest BCUT2D eigenvalue weighted by molar-refractivity contribution is 4.92. The van der Waals surface area contributed by atoms with Crippen molar-refractivity contribution in [2.75, 3.05) is 13.2 Å². The minimum atomic E-state index is 0.829. The van der Waals surface area contributed by atoms with Crippen LogP contribution in [-0.4, -0.2) is 28.2 Å². The largest absolute Gasteiger partial charge is 0.381 e. The lowest BCUT2D eigenvalue weighted by atomic mass is 10.1. The maximum absolute atomic E-state index is 5.59. The minimum Gasteiger partial charge on any atom is -0.381 e. The molecule has 0 aliphatic heterocycles. The molecule has 0 N–H and O–H groups in total. The summed E-state index contributed by atoms with van der Waals surface area (Å²) in [6.07, 6.45) is 13.0. The lowest BCUT2D eigenvalue weighted by molar-refractivity contribution is 0.124. The average molecular weight is 281 g/mol. The molecule has 0 saturated heterocycles. The summed E-state index contributed by atoms with van der Waals surface area (Å²) in [6.45, 7) is 7.09. The number of unbranched alkanes of at least 4 members (excludes halogenated alkanes) is 5. The van der Waals surface area contributed by atoms with Crippen molar-refractivity contribution in [2.24, 2.45) is 0 Å². The zero-order valence-corrected chi connectivity index (χ0v) is 13.3. The standard InChI is InChI=1S/C16H31N3O/c1-3-5-7-8-11-16-15-19(18-17-16)12-10-14-20-13-9-6-4-2/h15H,3-14H2,1-2H3. The Kier molecular flexibility index (Phi) is 10.2. The smallest absolute Gasteiger partial charge is 0.0827 e. The number of aromatic nitrogens is 3. The second kappa shape index (κ2) is 11.9. The normalized spacial score (nSPS) is 11.1. The van der Waals surface area contributed by atoms with Gasteiger partial charge in [0.05, 0.1) is 5.69 Å². The molecule has 0 unspecified atom stereocenters. The summed E-state index contributed by atoms with van der Waals surface area (Å²) in [5.74, 6) is 0. The van der Waals surface area contributed by atoms with E-state index in [4.69, 9.17) is 4.74 Å². The number of hydrogen-bond donors (Lipinski definition) is 0. The van der Waals surface area contributed by atoms with Gasteiger partial charge in [-0.25, -0.2) is 0 Å². The second-order valence-electron chi connectivity index (χ2n) is 5.46. The molecule has 0 aliphatic carbocycles. The molecule has 0 bridgehead atoms. The highest BCUT2D eigenvalue weighted by Gasteiger charge is 2.00. The van der Waals surface area contributed by atoms with Gasteiger partial charge in [0.1, 0.15) is 0 Å². The SMILES string of the molecule is CCCCCCc1cn(CCCOCCCCC)nn1. The van der Waals surface area contributed by atoms with Gasteiger partial charge < -0.3 is 4.74 Å². The third-order valence-corrected chi connectivity index (χ3v) is 3.44. The van der Waals surface area contributed by atoms with E-state index in [2.05, 4.69) is 30.4 Å². The van der Waals surface area contributed by atoms with Gasteiger partial charge in [-0.2, -0.15) is 0 Å². The van der Waals surface area contributed by atoms with Crippen LogP contribution in [0.5, 0.6) is 0 Å². The van der Waals surface area contributed by atoms with Crippen LogP contribution < -0.4 is 0 Å². The van der Waals surface area contributed by atoms with Gasteiger partial charge >= 0.3 is 0 Å².